The van der Waals surface area contributed by atoms with Crippen LogP contribution in [0.5, 0.6) is 0 Å². The van der Waals surface area contributed by atoms with Gasteiger partial charge in [0.2, 0.25) is 0 Å². The molecule has 0 saturated carbocycles. The second-order valence-corrected chi connectivity index (χ2v) is 7.62. The molecule has 4 rings (SSSR count). The molecule has 0 bridgehead atoms. The number of pyridine rings is 1. The van der Waals surface area contributed by atoms with Gasteiger partial charge in [-0.2, -0.15) is 0 Å². The molecule has 0 fully saturated rings. The van der Waals surface area contributed by atoms with Crippen LogP contribution in [0, 0.1) is 6.92 Å². The van der Waals surface area contributed by atoms with Crippen molar-refractivity contribution >= 4 is 27.4 Å². The molecule has 1 atom stereocenters. The Morgan fingerprint density at radius 2 is 2.07 bits per heavy atom. The van der Waals surface area contributed by atoms with Crippen LogP contribution in [0.15, 0.2) is 58.3 Å². The summed E-state index contributed by atoms with van der Waals surface area (Å²) in [6.07, 6.45) is 4.73. The maximum atomic E-state index is 11.6. The van der Waals surface area contributed by atoms with Crippen LogP contribution in [0.25, 0.3) is 5.69 Å². The number of aliphatic imine (C=N–C) groups is 1. The lowest BCUT2D eigenvalue weighted by molar-refractivity contribution is -0.117. The van der Waals surface area contributed by atoms with E-state index in [4.69, 9.17) is 4.99 Å². The van der Waals surface area contributed by atoms with Gasteiger partial charge in [-0.3, -0.25) is 14.5 Å². The molecule has 136 valence electrons. The van der Waals surface area contributed by atoms with Crippen LogP contribution in [0.4, 0.5) is 0 Å². The van der Waals surface area contributed by atoms with Gasteiger partial charge in [-0.1, -0.05) is 22.0 Å². The molecule has 1 aliphatic heterocycles. The fourth-order valence-electron chi connectivity index (χ4n) is 3.42. The first-order valence-corrected chi connectivity index (χ1v) is 9.67. The summed E-state index contributed by atoms with van der Waals surface area (Å²) in [7, 11) is 0. The molecule has 0 spiro atoms. The highest BCUT2D eigenvalue weighted by atomic mass is 79.9. The Morgan fingerprint density at radius 3 is 2.81 bits per heavy atom. The van der Waals surface area contributed by atoms with Gasteiger partial charge in [-0.25, -0.2) is 4.98 Å². The molecule has 0 amide bonds. The number of aromatic nitrogens is 3. The van der Waals surface area contributed by atoms with Gasteiger partial charge in [0, 0.05) is 34.5 Å². The number of benzene rings is 1. The minimum atomic E-state index is -0.203. The molecular weight excluding hydrogens is 404 g/mol. The number of nitrogens with zero attached hydrogens (tertiary/aromatic N) is 4. The number of ketones is 1. The Kier molecular flexibility index (Phi) is 4.74. The van der Waals surface area contributed by atoms with Crippen molar-refractivity contribution in [1.29, 1.82) is 0 Å². The van der Waals surface area contributed by atoms with E-state index in [1.54, 1.807) is 13.1 Å². The summed E-state index contributed by atoms with van der Waals surface area (Å²) in [6.45, 7) is 3.65. The summed E-state index contributed by atoms with van der Waals surface area (Å²) in [4.78, 5) is 25.8. The minimum Gasteiger partial charge on any atom is -0.300 e. The van der Waals surface area contributed by atoms with Crippen molar-refractivity contribution < 1.29 is 4.79 Å². The molecule has 2 aromatic heterocycles. The first kappa shape index (κ1) is 17.8. The van der Waals surface area contributed by atoms with Gasteiger partial charge in [0.05, 0.1) is 17.1 Å². The second-order valence-electron chi connectivity index (χ2n) is 6.70. The molecule has 3 heterocycles. The molecule has 0 N–H and O–H groups in total. The molecule has 6 heteroatoms. The number of imidazole rings is 1. The van der Waals surface area contributed by atoms with Gasteiger partial charge in [0.15, 0.2) is 0 Å². The zero-order valence-corrected chi connectivity index (χ0v) is 16.8. The van der Waals surface area contributed by atoms with E-state index in [0.29, 0.717) is 12.8 Å². The van der Waals surface area contributed by atoms with Gasteiger partial charge in [-0.15, -0.1) is 0 Å². The molecule has 1 aromatic carbocycles. The predicted molar refractivity (Wildman–Crippen MR) is 109 cm³/mol. The fraction of sp³-hybridized carbons (Fsp3) is 0.238. The van der Waals surface area contributed by atoms with Crippen LogP contribution in [0.2, 0.25) is 0 Å². The average molecular weight is 423 g/mol. The lowest BCUT2D eigenvalue weighted by Gasteiger charge is -2.14. The summed E-state index contributed by atoms with van der Waals surface area (Å²) in [5.74, 6) is 1.02. The highest BCUT2D eigenvalue weighted by molar-refractivity contribution is 9.10. The number of fused-ring (bicyclic) bond motifs is 3. The summed E-state index contributed by atoms with van der Waals surface area (Å²) in [5.41, 5.74) is 4.70. The zero-order chi connectivity index (χ0) is 19.0. The maximum Gasteiger partial charge on any atom is 0.138 e. The number of carbonyl (C=O) groups excluding carboxylic acids is 1. The van der Waals surface area contributed by atoms with Crippen LogP contribution in [0.3, 0.4) is 0 Å². The topological polar surface area (TPSA) is 60.1 Å². The van der Waals surface area contributed by atoms with Crippen molar-refractivity contribution in [3.05, 3.63) is 76.0 Å². The second kappa shape index (κ2) is 7.19. The van der Waals surface area contributed by atoms with Crippen molar-refractivity contribution in [1.82, 2.24) is 14.5 Å². The standard InChI is InChI=1S/C21H19BrN4O/c1-13-12-24-21-18(8-6-14(2)27)25-20(17-5-3-4-10-23-17)16-11-15(22)7-9-19(16)26(13)21/h3-5,7,9-12,18H,6,8H2,1-2H3/t18-/m0/s1. The summed E-state index contributed by atoms with van der Waals surface area (Å²) in [6, 6.07) is 11.8. The van der Waals surface area contributed by atoms with Crippen LogP contribution < -0.4 is 0 Å². The SMILES string of the molecule is CC(=O)CC[C@@H]1N=C(c2ccccn2)c2cc(Br)ccc2-n2c(C)cnc21. The van der Waals surface area contributed by atoms with Crippen LogP contribution >= 0.6 is 15.9 Å². The number of aryl methyl sites for hydroxylation is 1. The van der Waals surface area contributed by atoms with Gasteiger partial charge in [0.25, 0.3) is 0 Å². The molecule has 0 radical (unpaired) electrons. The number of hydrogen-bond acceptors (Lipinski definition) is 4. The van der Waals surface area contributed by atoms with Gasteiger partial charge in [0.1, 0.15) is 17.6 Å². The lowest BCUT2D eigenvalue weighted by Crippen LogP contribution is -2.09. The summed E-state index contributed by atoms with van der Waals surface area (Å²) < 4.78 is 3.12. The predicted octanol–water partition coefficient (Wildman–Crippen LogP) is 4.60. The third-order valence-corrected chi connectivity index (χ3v) is 5.17. The Bertz CT molecular complexity index is 1040. The van der Waals surface area contributed by atoms with Crippen LogP contribution in [-0.2, 0) is 4.79 Å². The van der Waals surface area contributed by atoms with E-state index >= 15 is 0 Å². The van der Waals surface area contributed by atoms with E-state index in [1.807, 2.05) is 37.4 Å². The van der Waals surface area contributed by atoms with Crippen LogP contribution in [-0.4, -0.2) is 26.0 Å². The van der Waals surface area contributed by atoms with E-state index in [9.17, 15) is 4.79 Å². The Morgan fingerprint density at radius 1 is 1.22 bits per heavy atom. The largest absolute Gasteiger partial charge is 0.300 e. The van der Waals surface area contributed by atoms with Gasteiger partial charge < -0.3 is 4.79 Å². The molecule has 3 aromatic rings. The highest BCUT2D eigenvalue weighted by Crippen LogP contribution is 2.34. The van der Waals surface area contributed by atoms with Crippen molar-refractivity contribution in [3.8, 4) is 5.69 Å². The van der Waals surface area contributed by atoms with E-state index < -0.39 is 0 Å². The van der Waals surface area contributed by atoms with Crippen molar-refractivity contribution in [2.45, 2.75) is 32.7 Å². The molecule has 0 saturated heterocycles. The molecule has 0 aliphatic carbocycles. The van der Waals surface area contributed by atoms with Crippen molar-refractivity contribution in [2.24, 2.45) is 4.99 Å². The van der Waals surface area contributed by atoms with Gasteiger partial charge in [-0.05, 0) is 50.6 Å². The molecule has 0 unspecified atom stereocenters. The Hall–Kier alpha value is -2.60. The number of carbonyl (C=O) groups is 1. The molecule has 1 aliphatic rings. The maximum absolute atomic E-state index is 11.6. The molecular formula is C21H19BrN4O. The van der Waals surface area contributed by atoms with Gasteiger partial charge >= 0.3 is 0 Å². The minimum absolute atomic E-state index is 0.156. The molecule has 5 nitrogen and oxygen atoms in total. The van der Waals surface area contributed by atoms with Crippen molar-refractivity contribution in [3.63, 3.8) is 0 Å². The first-order valence-electron chi connectivity index (χ1n) is 8.88. The van der Waals surface area contributed by atoms with E-state index in [-0.39, 0.29) is 11.8 Å². The lowest BCUT2D eigenvalue weighted by atomic mass is 10.0. The number of hydrogen-bond donors (Lipinski definition) is 0. The quantitative estimate of drug-likeness (QED) is 0.616. The van der Waals surface area contributed by atoms with E-state index in [2.05, 4.69) is 42.6 Å². The normalized spacial score (nSPS) is 15.5. The average Bonchev–Trinajstić information content (AvgIpc) is 2.97. The monoisotopic (exact) mass is 422 g/mol. The number of rotatable bonds is 4. The number of Topliss-reactive ketones (excluding diaryl/α,β-unsaturated/α-hetero) is 1. The van der Waals surface area contributed by atoms with E-state index in [0.717, 1.165) is 38.6 Å². The van der Waals surface area contributed by atoms with E-state index in [1.165, 1.54) is 0 Å². The fourth-order valence-corrected chi connectivity index (χ4v) is 3.78. The smallest absolute Gasteiger partial charge is 0.138 e. The number of halogens is 1. The van der Waals surface area contributed by atoms with Crippen LogP contribution in [0.1, 0.15) is 48.6 Å². The third kappa shape index (κ3) is 3.37. The highest BCUT2D eigenvalue weighted by Gasteiger charge is 2.27. The zero-order valence-electron chi connectivity index (χ0n) is 15.2. The summed E-state index contributed by atoms with van der Waals surface area (Å²) >= 11 is 3.59. The molecule has 27 heavy (non-hydrogen) atoms. The third-order valence-electron chi connectivity index (χ3n) is 4.68. The first-order chi connectivity index (χ1) is 13.0. The van der Waals surface area contributed by atoms with Crippen molar-refractivity contribution in [2.75, 3.05) is 0 Å². The Balaban J connectivity index is 1.97. The summed E-state index contributed by atoms with van der Waals surface area (Å²) in [5, 5.41) is 0. The Labute approximate surface area is 166 Å².